The number of carbonyl (C=O) groups is 4. The second-order valence-electron chi connectivity index (χ2n) is 11.5. The minimum atomic E-state index is -1.11. The Labute approximate surface area is 245 Å². The molecule has 234 valence electrons. The van der Waals surface area contributed by atoms with Gasteiger partial charge in [-0.05, 0) is 32.1 Å². The van der Waals surface area contributed by atoms with E-state index in [-0.39, 0.29) is 30.6 Å². The summed E-state index contributed by atoms with van der Waals surface area (Å²) in [5.74, 6) is -1.11. The summed E-state index contributed by atoms with van der Waals surface area (Å²) in [6.45, 7) is 6.80. The van der Waals surface area contributed by atoms with Crippen LogP contribution in [0.15, 0.2) is 0 Å². The highest BCUT2D eigenvalue weighted by Gasteiger charge is 2.21. The standard InChI is InChI=1S/C33H62N2O5/c1-4-7-9-10-11-12-13-14-15-16-17-18-19-24-32(38)35-29(33(39)40)25-26-31(37)34-27-21-20-23-28(22-8-5-2)30(36)6-3/h28-29H,4-27H2,1-3H3,(H,34,37)(H,35,38)(H,39,40)/t28-,29-/m0/s1. The lowest BCUT2D eigenvalue weighted by Gasteiger charge is -2.15. The van der Waals surface area contributed by atoms with Gasteiger partial charge in [-0.3, -0.25) is 14.4 Å². The molecule has 3 N–H and O–H groups in total. The predicted molar refractivity (Wildman–Crippen MR) is 164 cm³/mol. The highest BCUT2D eigenvalue weighted by Crippen LogP contribution is 2.18. The summed E-state index contributed by atoms with van der Waals surface area (Å²) in [5.41, 5.74) is 0. The van der Waals surface area contributed by atoms with E-state index >= 15 is 0 Å². The van der Waals surface area contributed by atoms with Crippen LogP contribution in [0.2, 0.25) is 0 Å². The monoisotopic (exact) mass is 566 g/mol. The van der Waals surface area contributed by atoms with E-state index in [4.69, 9.17) is 0 Å². The number of ketones is 1. The Bertz CT molecular complexity index is 667. The van der Waals surface area contributed by atoms with E-state index in [1.165, 1.54) is 64.2 Å². The molecule has 2 atom stereocenters. The fraction of sp³-hybridized carbons (Fsp3) is 0.879. The molecule has 0 unspecified atom stereocenters. The first-order valence-corrected chi connectivity index (χ1v) is 16.7. The molecular formula is C33H62N2O5. The summed E-state index contributed by atoms with van der Waals surface area (Å²) in [6, 6.07) is -1.04. The molecule has 0 saturated heterocycles. The molecule has 7 heteroatoms. The molecule has 0 aliphatic rings. The Morgan fingerprint density at radius 3 is 1.62 bits per heavy atom. The lowest BCUT2D eigenvalue weighted by Crippen LogP contribution is -2.41. The zero-order chi connectivity index (χ0) is 29.8. The van der Waals surface area contributed by atoms with Gasteiger partial charge in [0, 0.05) is 31.7 Å². The van der Waals surface area contributed by atoms with Crippen molar-refractivity contribution in [2.24, 2.45) is 5.92 Å². The van der Waals surface area contributed by atoms with Crippen LogP contribution in [0.4, 0.5) is 0 Å². The molecule has 0 aliphatic carbocycles. The molecule has 2 amide bonds. The first-order chi connectivity index (χ1) is 19.3. The first-order valence-electron chi connectivity index (χ1n) is 16.7. The second kappa shape index (κ2) is 27.3. The molecule has 0 aromatic heterocycles. The van der Waals surface area contributed by atoms with Gasteiger partial charge in [-0.1, -0.05) is 117 Å². The van der Waals surface area contributed by atoms with E-state index in [9.17, 15) is 24.3 Å². The molecule has 0 saturated carbocycles. The van der Waals surface area contributed by atoms with Crippen molar-refractivity contribution in [3.8, 4) is 0 Å². The molecule has 0 aromatic carbocycles. The summed E-state index contributed by atoms with van der Waals surface area (Å²) in [5, 5.41) is 14.9. The van der Waals surface area contributed by atoms with Gasteiger partial charge in [-0.15, -0.1) is 0 Å². The van der Waals surface area contributed by atoms with Gasteiger partial charge in [0.05, 0.1) is 0 Å². The van der Waals surface area contributed by atoms with Crippen LogP contribution in [0.5, 0.6) is 0 Å². The Kier molecular flexibility index (Phi) is 26.0. The number of rotatable bonds is 29. The molecule has 40 heavy (non-hydrogen) atoms. The number of nitrogens with one attached hydrogen (secondary N) is 2. The topological polar surface area (TPSA) is 113 Å². The summed E-state index contributed by atoms with van der Waals surface area (Å²) in [4.78, 5) is 48.1. The smallest absolute Gasteiger partial charge is 0.326 e. The number of aliphatic carboxylic acids is 1. The van der Waals surface area contributed by atoms with Crippen LogP contribution >= 0.6 is 0 Å². The van der Waals surface area contributed by atoms with Crippen LogP contribution in [0.3, 0.4) is 0 Å². The summed E-state index contributed by atoms with van der Waals surface area (Å²) in [6.07, 6.45) is 22.7. The third-order valence-electron chi connectivity index (χ3n) is 7.81. The SMILES string of the molecule is CCCCCCCCCCCCCCCC(=O)N[C@@H](CCC(=O)NCCCC[C@H](CCCC)C(=O)CC)C(=O)O. The Morgan fingerprint density at radius 1 is 0.575 bits per heavy atom. The van der Waals surface area contributed by atoms with Crippen LogP contribution in [0, 0.1) is 5.92 Å². The molecule has 7 nitrogen and oxygen atoms in total. The van der Waals surface area contributed by atoms with Crippen LogP contribution < -0.4 is 10.6 Å². The molecule has 0 fully saturated rings. The third-order valence-corrected chi connectivity index (χ3v) is 7.81. The van der Waals surface area contributed by atoms with Crippen molar-refractivity contribution < 1.29 is 24.3 Å². The van der Waals surface area contributed by atoms with Gasteiger partial charge in [0.1, 0.15) is 11.8 Å². The zero-order valence-corrected chi connectivity index (χ0v) is 26.2. The molecule has 0 rings (SSSR count). The molecular weight excluding hydrogens is 504 g/mol. The van der Waals surface area contributed by atoms with Crippen molar-refractivity contribution in [3.05, 3.63) is 0 Å². The molecule has 0 bridgehead atoms. The largest absolute Gasteiger partial charge is 0.480 e. The minimum Gasteiger partial charge on any atom is -0.480 e. The van der Waals surface area contributed by atoms with Crippen LogP contribution in [-0.2, 0) is 19.2 Å². The Balaban J connectivity index is 3.91. The van der Waals surface area contributed by atoms with Crippen molar-refractivity contribution in [3.63, 3.8) is 0 Å². The second-order valence-corrected chi connectivity index (χ2v) is 11.5. The van der Waals surface area contributed by atoms with Crippen LogP contribution in [0.25, 0.3) is 0 Å². The molecule has 0 aliphatic heterocycles. The van der Waals surface area contributed by atoms with Crippen molar-refractivity contribution >= 4 is 23.6 Å². The number of Topliss-reactive ketones (excluding diaryl/α,β-unsaturated/α-hetero) is 1. The summed E-state index contributed by atoms with van der Waals surface area (Å²) >= 11 is 0. The Morgan fingerprint density at radius 2 is 1.10 bits per heavy atom. The van der Waals surface area contributed by atoms with E-state index < -0.39 is 12.0 Å². The maximum atomic E-state index is 12.2. The van der Waals surface area contributed by atoms with E-state index in [1.54, 1.807) is 0 Å². The summed E-state index contributed by atoms with van der Waals surface area (Å²) in [7, 11) is 0. The van der Waals surface area contributed by atoms with Gasteiger partial charge < -0.3 is 15.7 Å². The molecule has 0 spiro atoms. The third kappa shape index (κ3) is 22.9. The quantitative estimate of drug-likeness (QED) is 0.0797. The van der Waals surface area contributed by atoms with Crippen molar-refractivity contribution in [2.75, 3.05) is 6.54 Å². The normalized spacial score (nSPS) is 12.6. The highest BCUT2D eigenvalue weighted by atomic mass is 16.4. The van der Waals surface area contributed by atoms with Gasteiger partial charge in [0.2, 0.25) is 11.8 Å². The van der Waals surface area contributed by atoms with Crippen molar-refractivity contribution in [1.29, 1.82) is 0 Å². The summed E-state index contributed by atoms with van der Waals surface area (Å²) < 4.78 is 0. The zero-order valence-electron chi connectivity index (χ0n) is 26.2. The lowest BCUT2D eigenvalue weighted by molar-refractivity contribution is -0.142. The average molecular weight is 567 g/mol. The molecule has 0 radical (unpaired) electrons. The van der Waals surface area contributed by atoms with E-state index in [1.807, 2.05) is 6.92 Å². The minimum absolute atomic E-state index is 0.0590. The van der Waals surface area contributed by atoms with Crippen LogP contribution in [0.1, 0.15) is 168 Å². The highest BCUT2D eigenvalue weighted by molar-refractivity contribution is 5.84. The van der Waals surface area contributed by atoms with Crippen molar-refractivity contribution in [1.82, 2.24) is 10.6 Å². The maximum Gasteiger partial charge on any atom is 0.326 e. The fourth-order valence-corrected chi connectivity index (χ4v) is 5.14. The van der Waals surface area contributed by atoms with Crippen LogP contribution in [-0.4, -0.2) is 41.3 Å². The van der Waals surface area contributed by atoms with E-state index in [0.717, 1.165) is 57.8 Å². The average Bonchev–Trinajstić information content (AvgIpc) is 2.94. The first kappa shape index (κ1) is 38.1. The maximum absolute atomic E-state index is 12.2. The van der Waals surface area contributed by atoms with E-state index in [0.29, 0.717) is 25.2 Å². The number of amides is 2. The number of hydrogen-bond donors (Lipinski definition) is 3. The lowest BCUT2D eigenvalue weighted by atomic mass is 9.91. The van der Waals surface area contributed by atoms with Gasteiger partial charge in [-0.25, -0.2) is 4.79 Å². The van der Waals surface area contributed by atoms with E-state index in [2.05, 4.69) is 24.5 Å². The number of carbonyl (C=O) groups excluding carboxylic acids is 3. The fourth-order valence-electron chi connectivity index (χ4n) is 5.14. The van der Waals surface area contributed by atoms with Gasteiger partial charge >= 0.3 is 5.97 Å². The van der Waals surface area contributed by atoms with Gasteiger partial charge in [-0.2, -0.15) is 0 Å². The van der Waals surface area contributed by atoms with Gasteiger partial charge in [0.25, 0.3) is 0 Å². The van der Waals surface area contributed by atoms with Crippen molar-refractivity contribution in [2.45, 2.75) is 174 Å². The number of unbranched alkanes of at least 4 members (excludes halogenated alkanes) is 14. The van der Waals surface area contributed by atoms with Gasteiger partial charge in [0.15, 0.2) is 0 Å². The number of carboxylic acids is 1. The Hall–Kier alpha value is -1.92. The number of hydrogen-bond acceptors (Lipinski definition) is 4. The predicted octanol–water partition coefficient (Wildman–Crippen LogP) is 7.89. The number of carboxylic acid groups (broad SMARTS) is 1. The molecule has 0 aromatic rings. The molecule has 0 heterocycles.